The molecule has 0 unspecified atom stereocenters. The highest BCUT2D eigenvalue weighted by atomic mass is 32.2. The highest BCUT2D eigenvalue weighted by Gasteiger charge is 2.17. The summed E-state index contributed by atoms with van der Waals surface area (Å²) < 4.78 is 7.01. The van der Waals surface area contributed by atoms with Crippen molar-refractivity contribution in [3.05, 3.63) is 48.8 Å². The Morgan fingerprint density at radius 2 is 1.85 bits per heavy atom. The fourth-order valence-electron chi connectivity index (χ4n) is 2.32. The first-order valence-corrected chi connectivity index (χ1v) is 8.79. The number of imide groups is 1. The molecule has 0 aliphatic rings. The van der Waals surface area contributed by atoms with E-state index >= 15 is 0 Å². The zero-order valence-corrected chi connectivity index (χ0v) is 15.1. The molecule has 0 saturated heterocycles. The Bertz CT molecular complexity index is 943. The van der Waals surface area contributed by atoms with Crippen LogP contribution in [0, 0.1) is 0 Å². The van der Waals surface area contributed by atoms with Gasteiger partial charge in [-0.2, -0.15) is 0 Å². The van der Waals surface area contributed by atoms with E-state index in [9.17, 15) is 9.59 Å². The van der Waals surface area contributed by atoms with Crippen LogP contribution < -0.4 is 15.8 Å². The predicted octanol–water partition coefficient (Wildman–Crippen LogP) is 1.62. The molecule has 2 heterocycles. The van der Waals surface area contributed by atoms with Crippen LogP contribution in [0.25, 0.3) is 17.1 Å². The lowest BCUT2D eigenvalue weighted by Gasteiger charge is -2.11. The third-order valence-corrected chi connectivity index (χ3v) is 4.43. The third kappa shape index (κ3) is 4.42. The standard InChI is InChI=1S/C17H16N6O3S/c1-26-13-4-2-12(3-5-13)23-15(11-6-8-19-9-7-11)21-22-17(23)27-10-14(24)20-16(18)25/h2-9H,10H2,1H3,(H3,18,20,24,25). The molecule has 0 spiro atoms. The lowest BCUT2D eigenvalue weighted by atomic mass is 10.2. The van der Waals surface area contributed by atoms with Crippen molar-refractivity contribution in [1.82, 2.24) is 25.1 Å². The van der Waals surface area contributed by atoms with E-state index in [1.165, 1.54) is 0 Å². The van der Waals surface area contributed by atoms with Crippen molar-refractivity contribution in [3.63, 3.8) is 0 Å². The highest BCUT2D eigenvalue weighted by Crippen LogP contribution is 2.28. The second-order valence-electron chi connectivity index (χ2n) is 5.28. The Morgan fingerprint density at radius 3 is 2.48 bits per heavy atom. The molecular formula is C17H16N6O3S. The maximum Gasteiger partial charge on any atom is 0.318 e. The third-order valence-electron chi connectivity index (χ3n) is 3.50. The normalized spacial score (nSPS) is 10.4. The van der Waals surface area contributed by atoms with E-state index in [0.29, 0.717) is 16.7 Å². The summed E-state index contributed by atoms with van der Waals surface area (Å²) in [5.74, 6) is 0.767. The van der Waals surface area contributed by atoms with E-state index in [-0.39, 0.29) is 5.75 Å². The van der Waals surface area contributed by atoms with Gasteiger partial charge in [0.15, 0.2) is 11.0 Å². The molecule has 0 saturated carbocycles. The van der Waals surface area contributed by atoms with Crippen LogP contribution in [-0.4, -0.2) is 44.5 Å². The smallest absolute Gasteiger partial charge is 0.318 e. The van der Waals surface area contributed by atoms with Crippen molar-refractivity contribution in [2.45, 2.75) is 5.16 Å². The van der Waals surface area contributed by atoms with Crippen LogP contribution in [0.2, 0.25) is 0 Å². The highest BCUT2D eigenvalue weighted by molar-refractivity contribution is 7.99. The van der Waals surface area contributed by atoms with Gasteiger partial charge in [0, 0.05) is 23.6 Å². The Labute approximate surface area is 159 Å². The van der Waals surface area contributed by atoms with Gasteiger partial charge < -0.3 is 10.5 Å². The van der Waals surface area contributed by atoms with Gasteiger partial charge >= 0.3 is 6.03 Å². The van der Waals surface area contributed by atoms with Crippen LogP contribution in [0.3, 0.4) is 0 Å². The van der Waals surface area contributed by atoms with E-state index in [2.05, 4.69) is 15.2 Å². The molecule has 2 aromatic heterocycles. The number of carbonyl (C=O) groups is 2. The maximum atomic E-state index is 11.7. The zero-order chi connectivity index (χ0) is 19.2. The first-order valence-electron chi connectivity index (χ1n) is 7.81. The molecule has 0 atom stereocenters. The average molecular weight is 384 g/mol. The van der Waals surface area contributed by atoms with Crippen LogP contribution in [0.5, 0.6) is 5.75 Å². The number of hydrogen-bond donors (Lipinski definition) is 2. The summed E-state index contributed by atoms with van der Waals surface area (Å²) in [7, 11) is 1.59. The molecule has 9 nitrogen and oxygen atoms in total. The minimum absolute atomic E-state index is 0.0342. The second-order valence-corrected chi connectivity index (χ2v) is 6.22. The molecule has 3 aromatic rings. The fourth-order valence-corrected chi connectivity index (χ4v) is 3.07. The molecule has 10 heteroatoms. The number of carbonyl (C=O) groups excluding carboxylic acids is 2. The van der Waals surface area contributed by atoms with Gasteiger partial charge in [0.1, 0.15) is 5.75 Å². The quantitative estimate of drug-likeness (QED) is 0.619. The van der Waals surface area contributed by atoms with Crippen molar-refractivity contribution in [2.75, 3.05) is 12.9 Å². The molecule has 0 radical (unpaired) electrons. The second kappa shape index (κ2) is 8.32. The number of urea groups is 1. The number of rotatable bonds is 6. The molecule has 27 heavy (non-hydrogen) atoms. The van der Waals surface area contributed by atoms with Crippen molar-refractivity contribution in [3.8, 4) is 22.8 Å². The first kappa shape index (κ1) is 18.4. The van der Waals surface area contributed by atoms with E-state index in [0.717, 1.165) is 23.0 Å². The van der Waals surface area contributed by atoms with Crippen molar-refractivity contribution in [2.24, 2.45) is 5.73 Å². The van der Waals surface area contributed by atoms with E-state index < -0.39 is 11.9 Å². The van der Waals surface area contributed by atoms with Crippen LogP contribution in [0.15, 0.2) is 53.9 Å². The lowest BCUT2D eigenvalue weighted by molar-refractivity contribution is -0.117. The number of hydrogen-bond acceptors (Lipinski definition) is 7. The monoisotopic (exact) mass is 384 g/mol. The molecule has 3 amide bonds. The van der Waals surface area contributed by atoms with E-state index in [1.807, 2.05) is 46.3 Å². The van der Waals surface area contributed by atoms with Gasteiger partial charge in [0.25, 0.3) is 0 Å². The number of primary amides is 1. The van der Waals surface area contributed by atoms with Gasteiger partial charge in [-0.3, -0.25) is 19.7 Å². The summed E-state index contributed by atoms with van der Waals surface area (Å²) in [5, 5.41) is 11.0. The number of aromatic nitrogens is 4. The van der Waals surface area contributed by atoms with Crippen LogP contribution >= 0.6 is 11.8 Å². The van der Waals surface area contributed by atoms with Crippen molar-refractivity contribution < 1.29 is 14.3 Å². The Hall–Kier alpha value is -3.40. The summed E-state index contributed by atoms with van der Waals surface area (Å²) in [4.78, 5) is 26.5. The van der Waals surface area contributed by atoms with Gasteiger partial charge in [0.2, 0.25) is 5.91 Å². The number of nitrogens with two attached hydrogens (primary N) is 1. The van der Waals surface area contributed by atoms with Crippen LogP contribution in [0.4, 0.5) is 4.79 Å². The Kier molecular flexibility index (Phi) is 5.67. The molecule has 0 aliphatic carbocycles. The number of thioether (sulfide) groups is 1. The van der Waals surface area contributed by atoms with Crippen LogP contribution in [-0.2, 0) is 4.79 Å². The molecule has 138 valence electrons. The topological polar surface area (TPSA) is 125 Å². The fraction of sp³-hybridized carbons (Fsp3) is 0.118. The summed E-state index contributed by atoms with van der Waals surface area (Å²) in [5.41, 5.74) is 6.58. The molecule has 0 bridgehead atoms. The molecule has 3 N–H and O–H groups in total. The Morgan fingerprint density at radius 1 is 1.15 bits per heavy atom. The predicted molar refractivity (Wildman–Crippen MR) is 99.6 cm³/mol. The van der Waals surface area contributed by atoms with Crippen LogP contribution in [0.1, 0.15) is 0 Å². The van der Waals surface area contributed by atoms with Gasteiger partial charge in [-0.05, 0) is 36.4 Å². The minimum atomic E-state index is -0.894. The summed E-state index contributed by atoms with van der Waals surface area (Å²) >= 11 is 1.14. The zero-order valence-electron chi connectivity index (χ0n) is 14.3. The number of pyridine rings is 1. The number of methoxy groups -OCH3 is 1. The lowest BCUT2D eigenvalue weighted by Crippen LogP contribution is -2.36. The number of benzene rings is 1. The van der Waals surface area contributed by atoms with Gasteiger partial charge in [-0.25, -0.2) is 4.79 Å². The number of nitrogens with one attached hydrogen (secondary N) is 1. The summed E-state index contributed by atoms with van der Waals surface area (Å²) in [6, 6.07) is 10.1. The van der Waals surface area contributed by atoms with Crippen molar-refractivity contribution >= 4 is 23.7 Å². The van der Waals surface area contributed by atoms with Gasteiger partial charge in [-0.15, -0.1) is 10.2 Å². The largest absolute Gasteiger partial charge is 0.497 e. The van der Waals surface area contributed by atoms with E-state index in [1.54, 1.807) is 19.5 Å². The molecule has 0 fully saturated rings. The average Bonchev–Trinajstić information content (AvgIpc) is 3.10. The van der Waals surface area contributed by atoms with Gasteiger partial charge in [0.05, 0.1) is 12.9 Å². The molecule has 0 aliphatic heterocycles. The molecule has 1 aromatic carbocycles. The summed E-state index contributed by atoms with van der Waals surface area (Å²) in [6.45, 7) is 0. The first-order chi connectivity index (χ1) is 13.1. The number of nitrogens with zero attached hydrogens (tertiary/aromatic N) is 4. The van der Waals surface area contributed by atoms with Gasteiger partial charge in [-0.1, -0.05) is 11.8 Å². The van der Waals surface area contributed by atoms with Crippen molar-refractivity contribution in [1.29, 1.82) is 0 Å². The van der Waals surface area contributed by atoms with E-state index in [4.69, 9.17) is 10.5 Å². The number of ether oxygens (including phenoxy) is 1. The maximum absolute atomic E-state index is 11.7. The molecular weight excluding hydrogens is 368 g/mol. The minimum Gasteiger partial charge on any atom is -0.497 e. The Balaban J connectivity index is 1.96. The SMILES string of the molecule is COc1ccc(-n2c(SCC(=O)NC(N)=O)nnc2-c2ccncc2)cc1. The molecule has 3 rings (SSSR count). The summed E-state index contributed by atoms with van der Waals surface area (Å²) in [6.07, 6.45) is 3.32. The number of amides is 3.